The minimum atomic E-state index is -1.02. The van der Waals surface area contributed by atoms with Crippen LogP contribution in [0.5, 0.6) is 0 Å². The minimum Gasteiger partial charge on any atom is -0.478 e. The zero-order chi connectivity index (χ0) is 15.5. The zero-order valence-corrected chi connectivity index (χ0v) is 12.1. The van der Waals surface area contributed by atoms with Gasteiger partial charge in [-0.15, -0.1) is 0 Å². The van der Waals surface area contributed by atoms with Crippen LogP contribution in [-0.2, 0) is 11.3 Å². The lowest BCUT2D eigenvalue weighted by Gasteiger charge is -2.08. The molecule has 0 aliphatic rings. The normalized spacial score (nSPS) is 10.1. The standard InChI is InChI=1S/C14H21N3O4/c1-2-7-21-8-3-5-16-14(20)17-10-12-9-11(13(18)19)4-6-15-12/h4,6,9H,2-3,5,7-8,10H2,1H3,(H,18,19)(H2,16,17,20). The van der Waals surface area contributed by atoms with E-state index < -0.39 is 5.97 Å². The van der Waals surface area contributed by atoms with Gasteiger partial charge in [-0.05, 0) is 25.0 Å². The number of ether oxygens (including phenoxy) is 1. The van der Waals surface area contributed by atoms with Gasteiger partial charge in [0.05, 0.1) is 17.8 Å². The van der Waals surface area contributed by atoms with Crippen LogP contribution in [0.4, 0.5) is 4.79 Å². The summed E-state index contributed by atoms with van der Waals surface area (Å²) in [6.45, 7) is 4.10. The molecule has 0 fully saturated rings. The summed E-state index contributed by atoms with van der Waals surface area (Å²) in [6.07, 6.45) is 3.14. The molecule has 0 spiro atoms. The number of carboxylic acids is 1. The summed E-state index contributed by atoms with van der Waals surface area (Å²) in [5, 5.41) is 14.2. The van der Waals surface area contributed by atoms with E-state index in [1.165, 1.54) is 18.3 Å². The van der Waals surface area contributed by atoms with Crippen LogP contribution in [0.3, 0.4) is 0 Å². The molecule has 0 saturated carbocycles. The van der Waals surface area contributed by atoms with Crippen LogP contribution in [-0.4, -0.2) is 41.8 Å². The average molecular weight is 295 g/mol. The second-order valence-electron chi connectivity index (χ2n) is 4.42. The number of aromatic nitrogens is 1. The van der Waals surface area contributed by atoms with Crippen molar-refractivity contribution in [1.29, 1.82) is 0 Å². The van der Waals surface area contributed by atoms with E-state index in [1.807, 2.05) is 6.92 Å². The molecule has 1 heterocycles. The van der Waals surface area contributed by atoms with Gasteiger partial charge in [0.1, 0.15) is 0 Å². The third-order valence-electron chi connectivity index (χ3n) is 2.59. The number of nitrogens with one attached hydrogen (secondary N) is 2. The van der Waals surface area contributed by atoms with E-state index in [0.29, 0.717) is 18.8 Å². The van der Waals surface area contributed by atoms with Crippen molar-refractivity contribution in [3.63, 3.8) is 0 Å². The summed E-state index contributed by atoms with van der Waals surface area (Å²) in [4.78, 5) is 26.3. The molecule has 21 heavy (non-hydrogen) atoms. The Morgan fingerprint density at radius 3 is 2.86 bits per heavy atom. The van der Waals surface area contributed by atoms with Gasteiger partial charge in [-0.3, -0.25) is 4.98 Å². The van der Waals surface area contributed by atoms with Gasteiger partial charge < -0.3 is 20.5 Å². The smallest absolute Gasteiger partial charge is 0.335 e. The lowest BCUT2D eigenvalue weighted by molar-refractivity contribution is 0.0696. The highest BCUT2D eigenvalue weighted by atomic mass is 16.5. The van der Waals surface area contributed by atoms with Crippen LogP contribution in [0.25, 0.3) is 0 Å². The van der Waals surface area contributed by atoms with Crippen LogP contribution in [0, 0.1) is 0 Å². The number of pyridine rings is 1. The second kappa shape index (κ2) is 9.71. The van der Waals surface area contributed by atoms with E-state index in [-0.39, 0.29) is 18.1 Å². The fourth-order valence-corrected chi connectivity index (χ4v) is 1.56. The number of hydrogen-bond donors (Lipinski definition) is 3. The van der Waals surface area contributed by atoms with Gasteiger partial charge in [-0.2, -0.15) is 0 Å². The monoisotopic (exact) mass is 295 g/mol. The van der Waals surface area contributed by atoms with Crippen LogP contribution in [0.15, 0.2) is 18.3 Å². The van der Waals surface area contributed by atoms with Crippen molar-refractivity contribution < 1.29 is 19.4 Å². The van der Waals surface area contributed by atoms with Crippen molar-refractivity contribution in [1.82, 2.24) is 15.6 Å². The van der Waals surface area contributed by atoms with Crippen molar-refractivity contribution in [2.45, 2.75) is 26.3 Å². The molecular formula is C14H21N3O4. The van der Waals surface area contributed by atoms with Crippen LogP contribution in [0.1, 0.15) is 35.8 Å². The number of aromatic carboxylic acids is 1. The molecule has 1 aromatic heterocycles. The Hall–Kier alpha value is -2.15. The number of hydrogen-bond acceptors (Lipinski definition) is 4. The number of amides is 2. The Labute approximate surface area is 123 Å². The van der Waals surface area contributed by atoms with E-state index >= 15 is 0 Å². The molecular weight excluding hydrogens is 274 g/mol. The highest BCUT2D eigenvalue weighted by molar-refractivity contribution is 5.87. The summed E-state index contributed by atoms with van der Waals surface area (Å²) < 4.78 is 5.29. The highest BCUT2D eigenvalue weighted by Crippen LogP contribution is 2.01. The molecule has 1 rings (SSSR count). The molecule has 0 saturated heterocycles. The van der Waals surface area contributed by atoms with Crippen LogP contribution in [0.2, 0.25) is 0 Å². The maximum absolute atomic E-state index is 11.5. The molecule has 7 heteroatoms. The van der Waals surface area contributed by atoms with E-state index in [2.05, 4.69) is 15.6 Å². The molecule has 0 atom stereocenters. The largest absolute Gasteiger partial charge is 0.478 e. The predicted molar refractivity (Wildman–Crippen MR) is 77.2 cm³/mol. The van der Waals surface area contributed by atoms with Gasteiger partial charge in [0.2, 0.25) is 0 Å². The maximum atomic E-state index is 11.5. The quantitative estimate of drug-likeness (QED) is 0.598. The molecule has 1 aromatic rings. The van der Waals surface area contributed by atoms with Crippen LogP contribution >= 0.6 is 0 Å². The van der Waals surface area contributed by atoms with Gasteiger partial charge >= 0.3 is 12.0 Å². The van der Waals surface area contributed by atoms with Crippen molar-refractivity contribution in [3.8, 4) is 0 Å². The van der Waals surface area contributed by atoms with Gasteiger partial charge in [0.25, 0.3) is 0 Å². The molecule has 0 radical (unpaired) electrons. The first-order chi connectivity index (χ1) is 10.1. The summed E-state index contributed by atoms with van der Waals surface area (Å²) in [5.41, 5.74) is 0.645. The van der Waals surface area contributed by atoms with E-state index in [9.17, 15) is 9.59 Å². The highest BCUT2D eigenvalue weighted by Gasteiger charge is 2.05. The summed E-state index contributed by atoms with van der Waals surface area (Å²) >= 11 is 0. The number of rotatable bonds is 9. The topological polar surface area (TPSA) is 101 Å². The van der Waals surface area contributed by atoms with Crippen molar-refractivity contribution in [2.24, 2.45) is 0 Å². The first-order valence-electron chi connectivity index (χ1n) is 6.91. The lowest BCUT2D eigenvalue weighted by atomic mass is 10.2. The maximum Gasteiger partial charge on any atom is 0.335 e. The Morgan fingerprint density at radius 2 is 2.14 bits per heavy atom. The molecule has 0 aliphatic carbocycles. The van der Waals surface area contributed by atoms with E-state index in [1.54, 1.807) is 0 Å². The van der Waals surface area contributed by atoms with Crippen molar-refractivity contribution in [2.75, 3.05) is 19.8 Å². The SMILES string of the molecule is CCCOCCCNC(=O)NCc1cc(C(=O)O)ccn1. The molecule has 0 aromatic carbocycles. The van der Waals surface area contributed by atoms with Gasteiger partial charge in [-0.1, -0.05) is 6.92 Å². The predicted octanol–water partition coefficient (Wildman–Crippen LogP) is 1.40. The third-order valence-corrected chi connectivity index (χ3v) is 2.59. The van der Waals surface area contributed by atoms with Crippen molar-refractivity contribution >= 4 is 12.0 Å². The molecule has 116 valence electrons. The molecule has 7 nitrogen and oxygen atoms in total. The first kappa shape index (κ1) is 16.9. The Balaban J connectivity index is 2.21. The Morgan fingerprint density at radius 1 is 1.33 bits per heavy atom. The van der Waals surface area contributed by atoms with Crippen LogP contribution < -0.4 is 10.6 Å². The molecule has 3 N–H and O–H groups in total. The number of nitrogens with zero attached hydrogens (tertiary/aromatic N) is 1. The fourth-order valence-electron chi connectivity index (χ4n) is 1.56. The van der Waals surface area contributed by atoms with Gasteiger partial charge in [0, 0.05) is 26.0 Å². The zero-order valence-electron chi connectivity index (χ0n) is 12.1. The number of urea groups is 1. The molecule has 2 amide bonds. The molecule has 0 aliphatic heterocycles. The minimum absolute atomic E-state index is 0.148. The first-order valence-corrected chi connectivity index (χ1v) is 6.91. The van der Waals surface area contributed by atoms with Gasteiger partial charge in [-0.25, -0.2) is 9.59 Å². The fraction of sp³-hybridized carbons (Fsp3) is 0.500. The average Bonchev–Trinajstić information content (AvgIpc) is 2.49. The van der Waals surface area contributed by atoms with E-state index in [4.69, 9.17) is 9.84 Å². The summed E-state index contributed by atoms with van der Waals surface area (Å²) in [6, 6.07) is 2.52. The molecule has 0 unspecified atom stereocenters. The summed E-state index contributed by atoms with van der Waals surface area (Å²) in [7, 11) is 0. The number of carboxylic acid groups (broad SMARTS) is 1. The van der Waals surface area contributed by atoms with E-state index in [0.717, 1.165) is 19.4 Å². The Kier molecular flexibility index (Phi) is 7.81. The van der Waals surface area contributed by atoms with Gasteiger partial charge in [0.15, 0.2) is 0 Å². The lowest BCUT2D eigenvalue weighted by Crippen LogP contribution is -2.36. The van der Waals surface area contributed by atoms with Crippen molar-refractivity contribution in [3.05, 3.63) is 29.6 Å². The third kappa shape index (κ3) is 7.26. The molecule has 0 bridgehead atoms. The summed E-state index contributed by atoms with van der Waals surface area (Å²) in [5.74, 6) is -1.02. The Bertz CT molecular complexity index is 465. The number of carbonyl (C=O) groups is 2. The number of carbonyl (C=O) groups excluding carboxylic acids is 1. The second-order valence-corrected chi connectivity index (χ2v) is 4.42.